The van der Waals surface area contributed by atoms with Gasteiger partial charge in [-0.15, -0.1) is 11.3 Å². The van der Waals surface area contributed by atoms with Crippen LogP contribution in [-0.4, -0.2) is 5.84 Å². The minimum atomic E-state index is 0.180. The summed E-state index contributed by atoms with van der Waals surface area (Å²) in [5.74, 6) is 0.544. The van der Waals surface area contributed by atoms with Gasteiger partial charge < -0.3 is 5.73 Å². The lowest BCUT2D eigenvalue weighted by Crippen LogP contribution is -2.27. The van der Waals surface area contributed by atoms with Gasteiger partial charge in [-0.2, -0.15) is 0 Å². The Bertz CT molecular complexity index is 2320. The molecule has 49 heavy (non-hydrogen) atoms. The lowest BCUT2D eigenvalue weighted by Gasteiger charge is -2.36. The Kier molecular flexibility index (Phi) is 7.51. The summed E-state index contributed by atoms with van der Waals surface area (Å²) in [5.41, 5.74) is 20.9. The van der Waals surface area contributed by atoms with Crippen LogP contribution in [0.15, 0.2) is 151 Å². The smallest absolute Gasteiger partial charge is 0.131 e. The fourth-order valence-electron chi connectivity index (χ4n) is 8.40. The summed E-state index contributed by atoms with van der Waals surface area (Å²) < 4.78 is 1.23. The molecule has 0 saturated heterocycles. The van der Waals surface area contributed by atoms with Crippen LogP contribution < -0.4 is 5.73 Å². The molecule has 1 heterocycles. The Morgan fingerprint density at radius 2 is 1.22 bits per heavy atom. The fourth-order valence-corrected chi connectivity index (χ4v) is 9.58. The number of hydrogen-bond donors (Lipinski definition) is 1. The molecule has 1 saturated carbocycles. The van der Waals surface area contributed by atoms with Gasteiger partial charge in [-0.25, -0.2) is 4.99 Å². The minimum Gasteiger partial charge on any atom is -0.383 e. The average Bonchev–Trinajstić information content (AvgIpc) is 3.64. The summed E-state index contributed by atoms with van der Waals surface area (Å²) in [7, 11) is 0. The molecule has 9 rings (SSSR count). The highest BCUT2D eigenvalue weighted by Crippen LogP contribution is 2.57. The third-order valence-corrected chi connectivity index (χ3v) is 11.9. The first-order valence-corrected chi connectivity index (χ1v) is 18.3. The molecule has 0 aliphatic heterocycles. The van der Waals surface area contributed by atoms with E-state index in [9.17, 15) is 0 Å². The van der Waals surface area contributed by atoms with Crippen molar-refractivity contribution in [2.75, 3.05) is 0 Å². The molecule has 2 N–H and O–H groups in total. The monoisotopic (exact) mass is 650 g/mol. The summed E-state index contributed by atoms with van der Waals surface area (Å²) >= 11 is 1.80. The molecule has 0 unspecified atom stereocenters. The van der Waals surface area contributed by atoms with Crippen molar-refractivity contribution < 1.29 is 0 Å². The first-order chi connectivity index (χ1) is 24.2. The molecule has 1 fully saturated rings. The third-order valence-electron chi connectivity index (χ3n) is 10.8. The van der Waals surface area contributed by atoms with Crippen molar-refractivity contribution in [1.82, 2.24) is 0 Å². The molecule has 2 aliphatic carbocycles. The van der Waals surface area contributed by atoms with E-state index in [1.165, 1.54) is 80.6 Å². The number of rotatable bonds is 6. The zero-order chi connectivity index (χ0) is 32.8. The topological polar surface area (TPSA) is 38.4 Å². The number of thiophene rings is 1. The molecule has 1 aromatic heterocycles. The molecule has 238 valence electrons. The molecule has 0 bridgehead atoms. The van der Waals surface area contributed by atoms with Gasteiger partial charge >= 0.3 is 0 Å². The summed E-state index contributed by atoms with van der Waals surface area (Å²) in [6, 6.07) is 52.9. The summed E-state index contributed by atoms with van der Waals surface area (Å²) in [4.78, 5) is 6.20. The predicted octanol–water partition coefficient (Wildman–Crippen LogP) is 12.1. The SMILES string of the molecule is NC(=Nc1c(Cc2ccc(-c3ccc(-c4cccc5c4-c4ccccc4C54CCCCC4)cc3)cc2)sc2ccccc12)c1ccccc1. The van der Waals surface area contributed by atoms with E-state index in [2.05, 4.69) is 115 Å². The highest BCUT2D eigenvalue weighted by atomic mass is 32.1. The zero-order valence-corrected chi connectivity index (χ0v) is 28.3. The van der Waals surface area contributed by atoms with Crippen molar-refractivity contribution in [2.24, 2.45) is 10.7 Å². The number of benzene rings is 6. The van der Waals surface area contributed by atoms with Gasteiger partial charge in [0.15, 0.2) is 0 Å². The third kappa shape index (κ3) is 5.21. The lowest BCUT2D eigenvalue weighted by molar-refractivity contribution is 0.353. The number of fused-ring (bicyclic) bond motifs is 6. The maximum Gasteiger partial charge on any atom is 0.131 e. The Labute approximate surface area is 292 Å². The quantitative estimate of drug-likeness (QED) is 0.141. The molecule has 0 radical (unpaired) electrons. The summed E-state index contributed by atoms with van der Waals surface area (Å²) in [6.45, 7) is 0. The first-order valence-electron chi connectivity index (χ1n) is 17.5. The highest BCUT2D eigenvalue weighted by molar-refractivity contribution is 7.19. The van der Waals surface area contributed by atoms with Crippen LogP contribution in [0.2, 0.25) is 0 Å². The molecular weight excluding hydrogens is 613 g/mol. The van der Waals surface area contributed by atoms with Crippen molar-refractivity contribution in [2.45, 2.75) is 43.9 Å². The molecule has 6 aromatic carbocycles. The van der Waals surface area contributed by atoms with Crippen molar-refractivity contribution in [3.63, 3.8) is 0 Å². The predicted molar refractivity (Wildman–Crippen MR) is 208 cm³/mol. The normalized spacial score (nSPS) is 15.0. The van der Waals surface area contributed by atoms with E-state index in [0.717, 1.165) is 23.1 Å². The van der Waals surface area contributed by atoms with E-state index < -0.39 is 0 Å². The van der Waals surface area contributed by atoms with Crippen LogP contribution in [0.1, 0.15) is 59.2 Å². The Balaban J connectivity index is 1.00. The molecule has 7 aromatic rings. The Morgan fingerprint density at radius 3 is 2.02 bits per heavy atom. The van der Waals surface area contributed by atoms with Crippen LogP contribution in [0.5, 0.6) is 0 Å². The second-order valence-corrected chi connectivity index (χ2v) is 14.7. The molecule has 2 aliphatic rings. The van der Waals surface area contributed by atoms with E-state index in [1.807, 2.05) is 30.3 Å². The number of nitrogens with zero attached hydrogens (tertiary/aromatic N) is 1. The maximum atomic E-state index is 6.51. The second-order valence-electron chi connectivity index (χ2n) is 13.6. The minimum absolute atomic E-state index is 0.180. The van der Waals surface area contributed by atoms with Crippen LogP contribution >= 0.6 is 11.3 Å². The van der Waals surface area contributed by atoms with Gasteiger partial charge in [-0.05, 0) is 69.0 Å². The van der Waals surface area contributed by atoms with Gasteiger partial charge in [0.25, 0.3) is 0 Å². The van der Waals surface area contributed by atoms with E-state index in [0.29, 0.717) is 5.84 Å². The van der Waals surface area contributed by atoms with E-state index in [1.54, 1.807) is 22.5 Å². The van der Waals surface area contributed by atoms with Crippen LogP contribution in [0, 0.1) is 0 Å². The maximum absolute atomic E-state index is 6.51. The fraction of sp³-hybridized carbons (Fsp3) is 0.152. The lowest BCUT2D eigenvalue weighted by atomic mass is 9.68. The van der Waals surface area contributed by atoms with Gasteiger partial charge in [0, 0.05) is 32.4 Å². The van der Waals surface area contributed by atoms with Crippen molar-refractivity contribution in [3.8, 4) is 33.4 Å². The van der Waals surface area contributed by atoms with E-state index >= 15 is 0 Å². The van der Waals surface area contributed by atoms with Gasteiger partial charge in [0.1, 0.15) is 5.84 Å². The number of aliphatic imine (C=N–C) groups is 1. The van der Waals surface area contributed by atoms with Gasteiger partial charge in [0.05, 0.1) is 5.69 Å². The second kappa shape index (κ2) is 12.3. The van der Waals surface area contributed by atoms with Crippen LogP contribution in [-0.2, 0) is 11.8 Å². The first kappa shape index (κ1) is 29.9. The summed E-state index contributed by atoms with van der Waals surface area (Å²) in [5, 5.41) is 1.15. The molecule has 0 atom stereocenters. The largest absolute Gasteiger partial charge is 0.383 e. The Morgan fingerprint density at radius 1 is 0.592 bits per heavy atom. The molecule has 1 spiro atoms. The van der Waals surface area contributed by atoms with Crippen molar-refractivity contribution >= 4 is 32.9 Å². The standard InChI is InChI=1S/C46H38N2S/c47-45(35-12-3-1-4-13-35)48-44-38-15-6-8-19-41(38)49-42(44)30-31-20-22-32(23-21-31)33-24-26-34(27-25-33)36-16-11-18-40-43(36)37-14-5-7-17-39(37)46(40)28-9-2-10-29-46/h1,3-8,11-27H,2,9-10,28-30H2,(H2,47,48). The Hall–Kier alpha value is -5.25. The highest BCUT2D eigenvalue weighted by Gasteiger charge is 2.44. The zero-order valence-electron chi connectivity index (χ0n) is 27.5. The van der Waals surface area contributed by atoms with E-state index in [4.69, 9.17) is 10.7 Å². The number of amidine groups is 1. The molecular formula is C46H38N2S. The summed E-state index contributed by atoms with van der Waals surface area (Å²) in [6.07, 6.45) is 7.30. The van der Waals surface area contributed by atoms with Crippen LogP contribution in [0.3, 0.4) is 0 Å². The van der Waals surface area contributed by atoms with Gasteiger partial charge in [-0.3, -0.25) is 0 Å². The molecule has 3 heteroatoms. The van der Waals surface area contributed by atoms with Crippen molar-refractivity contribution in [1.29, 1.82) is 0 Å². The number of nitrogens with two attached hydrogens (primary N) is 1. The number of hydrogen-bond acceptors (Lipinski definition) is 2. The molecule has 0 amide bonds. The average molecular weight is 651 g/mol. The van der Waals surface area contributed by atoms with E-state index in [-0.39, 0.29) is 5.41 Å². The van der Waals surface area contributed by atoms with Crippen LogP contribution in [0.4, 0.5) is 5.69 Å². The van der Waals surface area contributed by atoms with Crippen molar-refractivity contribution in [3.05, 3.63) is 173 Å². The van der Waals surface area contributed by atoms with Crippen LogP contribution in [0.25, 0.3) is 43.5 Å². The molecule has 2 nitrogen and oxygen atoms in total. The van der Waals surface area contributed by atoms with Gasteiger partial charge in [0.2, 0.25) is 0 Å². The van der Waals surface area contributed by atoms with Gasteiger partial charge in [-0.1, -0.05) is 159 Å².